The van der Waals surface area contributed by atoms with E-state index in [9.17, 15) is 0 Å². The molecule has 1 nitrogen and oxygen atoms in total. The summed E-state index contributed by atoms with van der Waals surface area (Å²) in [5, 5.41) is 1.92. The van der Waals surface area contributed by atoms with Gasteiger partial charge in [0.1, 0.15) is 0 Å². The van der Waals surface area contributed by atoms with Crippen molar-refractivity contribution in [3.63, 3.8) is 0 Å². The van der Waals surface area contributed by atoms with Crippen molar-refractivity contribution in [3.05, 3.63) is 59.1 Å². The lowest BCUT2D eigenvalue weighted by molar-refractivity contribution is 1.39. The number of hydrogen-bond donors (Lipinski definition) is 1. The van der Waals surface area contributed by atoms with Gasteiger partial charge in [-0.15, -0.1) is 0 Å². The first-order valence-corrected chi connectivity index (χ1v) is 5.96. The van der Waals surface area contributed by atoms with Crippen LogP contribution in [0.3, 0.4) is 0 Å². The van der Waals surface area contributed by atoms with Gasteiger partial charge in [0, 0.05) is 27.2 Å². The molecule has 1 heterocycles. The van der Waals surface area contributed by atoms with Crippen molar-refractivity contribution in [3.8, 4) is 11.3 Å². The first-order valence-electron chi connectivity index (χ1n) is 5.58. The maximum atomic E-state index is 5.99. The first-order chi connectivity index (χ1) is 8.24. The van der Waals surface area contributed by atoms with E-state index < -0.39 is 0 Å². The van der Waals surface area contributed by atoms with Crippen LogP contribution in [0.2, 0.25) is 5.02 Å². The Kier molecular flexibility index (Phi) is 2.41. The van der Waals surface area contributed by atoms with Crippen molar-refractivity contribution >= 4 is 22.5 Å². The number of aromatic amines is 1. The van der Waals surface area contributed by atoms with E-state index in [1.165, 1.54) is 11.1 Å². The lowest BCUT2D eigenvalue weighted by atomic mass is 10.1. The Bertz CT molecular complexity index is 682. The molecule has 0 saturated heterocycles. The van der Waals surface area contributed by atoms with Gasteiger partial charge in [-0.1, -0.05) is 35.9 Å². The zero-order chi connectivity index (χ0) is 11.8. The van der Waals surface area contributed by atoms with Crippen LogP contribution >= 0.6 is 11.6 Å². The summed E-state index contributed by atoms with van der Waals surface area (Å²) in [5.74, 6) is 0. The first kappa shape index (κ1) is 10.4. The fourth-order valence-corrected chi connectivity index (χ4v) is 2.30. The van der Waals surface area contributed by atoms with Crippen LogP contribution < -0.4 is 0 Å². The second kappa shape index (κ2) is 3.94. The van der Waals surface area contributed by atoms with Crippen molar-refractivity contribution in [1.29, 1.82) is 0 Å². The summed E-state index contributed by atoms with van der Waals surface area (Å²) in [7, 11) is 0. The summed E-state index contributed by atoms with van der Waals surface area (Å²) in [5.41, 5.74) is 4.76. The predicted octanol–water partition coefficient (Wildman–Crippen LogP) is 4.80. The second-order valence-corrected chi connectivity index (χ2v) is 4.67. The van der Waals surface area contributed by atoms with Crippen molar-refractivity contribution in [2.24, 2.45) is 0 Å². The number of H-pyrrole nitrogens is 1. The van der Waals surface area contributed by atoms with E-state index in [1.807, 2.05) is 18.2 Å². The molecule has 0 fully saturated rings. The normalized spacial score (nSPS) is 10.9. The van der Waals surface area contributed by atoms with E-state index >= 15 is 0 Å². The van der Waals surface area contributed by atoms with Crippen LogP contribution in [-0.2, 0) is 0 Å². The Morgan fingerprint density at radius 2 is 1.82 bits per heavy atom. The minimum absolute atomic E-state index is 0.771. The van der Waals surface area contributed by atoms with Gasteiger partial charge in [-0.2, -0.15) is 0 Å². The molecule has 1 aromatic heterocycles. The van der Waals surface area contributed by atoms with Gasteiger partial charge in [-0.25, -0.2) is 0 Å². The van der Waals surface area contributed by atoms with Gasteiger partial charge in [0.05, 0.1) is 0 Å². The molecule has 17 heavy (non-hydrogen) atoms. The van der Waals surface area contributed by atoms with Crippen molar-refractivity contribution < 1.29 is 0 Å². The van der Waals surface area contributed by atoms with E-state index in [1.54, 1.807) is 0 Å². The molecular formula is C15H12ClN. The highest BCUT2D eigenvalue weighted by Crippen LogP contribution is 2.27. The molecule has 0 amide bonds. The number of hydrogen-bond acceptors (Lipinski definition) is 0. The van der Waals surface area contributed by atoms with Gasteiger partial charge in [0.2, 0.25) is 0 Å². The summed E-state index contributed by atoms with van der Waals surface area (Å²) in [4.78, 5) is 3.42. The maximum absolute atomic E-state index is 5.99. The molecule has 0 aliphatic heterocycles. The minimum atomic E-state index is 0.771. The van der Waals surface area contributed by atoms with Crippen molar-refractivity contribution in [2.45, 2.75) is 6.92 Å². The van der Waals surface area contributed by atoms with E-state index in [0.29, 0.717) is 0 Å². The van der Waals surface area contributed by atoms with Crippen molar-refractivity contribution in [2.75, 3.05) is 0 Å². The second-order valence-electron chi connectivity index (χ2n) is 4.23. The Labute approximate surface area is 105 Å². The number of rotatable bonds is 1. The largest absolute Gasteiger partial charge is 0.355 e. The molecule has 0 spiro atoms. The molecule has 0 radical (unpaired) electrons. The third-order valence-electron chi connectivity index (χ3n) is 3.02. The number of aryl methyl sites for hydroxylation is 1. The number of halogens is 1. The molecule has 0 atom stereocenters. The van der Waals surface area contributed by atoms with Gasteiger partial charge in [-0.05, 0) is 36.8 Å². The van der Waals surface area contributed by atoms with Crippen LogP contribution in [0, 0.1) is 6.92 Å². The Morgan fingerprint density at radius 3 is 2.65 bits per heavy atom. The van der Waals surface area contributed by atoms with Gasteiger partial charge >= 0.3 is 0 Å². The average Bonchev–Trinajstić information content (AvgIpc) is 2.72. The van der Waals surface area contributed by atoms with Gasteiger partial charge in [0.15, 0.2) is 0 Å². The minimum Gasteiger partial charge on any atom is -0.355 e. The molecule has 2 aromatic carbocycles. The van der Waals surface area contributed by atoms with Gasteiger partial charge in [-0.3, -0.25) is 0 Å². The van der Waals surface area contributed by atoms with E-state index in [-0.39, 0.29) is 0 Å². The van der Waals surface area contributed by atoms with Crippen LogP contribution in [0.5, 0.6) is 0 Å². The zero-order valence-corrected chi connectivity index (χ0v) is 10.3. The molecule has 2 heteroatoms. The van der Waals surface area contributed by atoms with E-state index in [2.05, 4.69) is 42.2 Å². The SMILES string of the molecule is Cc1ccccc1-c1cc2cc(Cl)ccc2[nH]1. The van der Waals surface area contributed by atoms with Crippen molar-refractivity contribution in [1.82, 2.24) is 4.98 Å². The van der Waals surface area contributed by atoms with Crippen LogP contribution in [0.25, 0.3) is 22.2 Å². The van der Waals surface area contributed by atoms with Crippen LogP contribution in [0.4, 0.5) is 0 Å². The molecule has 0 bridgehead atoms. The molecule has 1 N–H and O–H groups in total. The summed E-state index contributed by atoms with van der Waals surface area (Å²) in [6.07, 6.45) is 0. The Hall–Kier alpha value is -1.73. The van der Waals surface area contributed by atoms with Crippen LogP contribution in [0.15, 0.2) is 48.5 Å². The Morgan fingerprint density at radius 1 is 1.00 bits per heavy atom. The quantitative estimate of drug-likeness (QED) is 0.630. The van der Waals surface area contributed by atoms with E-state index in [0.717, 1.165) is 21.6 Å². The van der Waals surface area contributed by atoms with Crippen LogP contribution in [-0.4, -0.2) is 4.98 Å². The summed E-state index contributed by atoms with van der Waals surface area (Å²) < 4.78 is 0. The topological polar surface area (TPSA) is 15.8 Å². The molecule has 0 aliphatic rings. The lowest BCUT2D eigenvalue weighted by Gasteiger charge is -2.01. The molecule has 0 saturated carbocycles. The number of aromatic nitrogens is 1. The molecule has 84 valence electrons. The highest BCUT2D eigenvalue weighted by molar-refractivity contribution is 6.31. The third kappa shape index (κ3) is 1.83. The molecule has 0 unspecified atom stereocenters. The molecular weight excluding hydrogens is 230 g/mol. The fourth-order valence-electron chi connectivity index (χ4n) is 2.12. The zero-order valence-electron chi connectivity index (χ0n) is 9.50. The molecule has 0 aliphatic carbocycles. The number of benzene rings is 2. The average molecular weight is 242 g/mol. The summed E-state index contributed by atoms with van der Waals surface area (Å²) in [6.45, 7) is 2.12. The molecule has 3 rings (SSSR count). The predicted molar refractivity (Wildman–Crippen MR) is 73.5 cm³/mol. The monoisotopic (exact) mass is 241 g/mol. The van der Waals surface area contributed by atoms with Crippen LogP contribution in [0.1, 0.15) is 5.56 Å². The maximum Gasteiger partial charge on any atom is 0.0467 e. The highest BCUT2D eigenvalue weighted by Gasteiger charge is 2.05. The van der Waals surface area contributed by atoms with Gasteiger partial charge < -0.3 is 4.98 Å². The third-order valence-corrected chi connectivity index (χ3v) is 3.25. The number of nitrogens with one attached hydrogen (secondary N) is 1. The fraction of sp³-hybridized carbons (Fsp3) is 0.0667. The lowest BCUT2D eigenvalue weighted by Crippen LogP contribution is -1.81. The highest BCUT2D eigenvalue weighted by atomic mass is 35.5. The summed E-state index contributed by atoms with van der Waals surface area (Å²) in [6, 6.07) is 16.4. The van der Waals surface area contributed by atoms with E-state index in [4.69, 9.17) is 11.6 Å². The summed E-state index contributed by atoms with van der Waals surface area (Å²) >= 11 is 5.99. The molecule has 3 aromatic rings. The Balaban J connectivity index is 2.22. The standard InChI is InChI=1S/C15H12ClN/c1-10-4-2-3-5-13(10)15-9-11-8-12(16)6-7-14(11)17-15/h2-9,17H,1H3. The smallest absolute Gasteiger partial charge is 0.0467 e. The number of fused-ring (bicyclic) bond motifs is 1. The van der Waals surface area contributed by atoms with Gasteiger partial charge in [0.25, 0.3) is 0 Å².